The zero-order chi connectivity index (χ0) is 13.9. The third-order valence-electron chi connectivity index (χ3n) is 2.45. The molecule has 6 heteroatoms. The molecule has 2 amide bonds. The first-order valence-electron chi connectivity index (χ1n) is 5.41. The van der Waals surface area contributed by atoms with Gasteiger partial charge in [-0.05, 0) is 24.1 Å². The number of carbonyl (C=O) groups excluding carboxylic acids is 2. The lowest BCUT2D eigenvalue weighted by Gasteiger charge is -2.19. The number of halogens is 1. The maximum atomic E-state index is 11.9. The highest BCUT2D eigenvalue weighted by molar-refractivity contribution is 6.34. The topological polar surface area (TPSA) is 92.4 Å². The Morgan fingerprint density at radius 3 is 2.50 bits per heavy atom. The van der Waals surface area contributed by atoms with Gasteiger partial charge in [-0.1, -0.05) is 25.4 Å². The van der Waals surface area contributed by atoms with E-state index < -0.39 is 17.9 Å². The molecule has 0 spiro atoms. The molecule has 0 saturated carbocycles. The maximum absolute atomic E-state index is 11.9. The Hall–Kier alpha value is -1.75. The van der Waals surface area contributed by atoms with Crippen LogP contribution in [0.4, 0.5) is 0 Å². The molecule has 4 N–H and O–H groups in total. The number of phenols is 1. The van der Waals surface area contributed by atoms with Crippen molar-refractivity contribution in [1.29, 1.82) is 0 Å². The van der Waals surface area contributed by atoms with Gasteiger partial charge in [0.2, 0.25) is 5.91 Å². The van der Waals surface area contributed by atoms with Gasteiger partial charge in [-0.3, -0.25) is 9.59 Å². The standard InChI is InChI=1S/C12H15ClN2O3/c1-6(2)10(11(14)17)15-12(18)8-5-7(16)3-4-9(8)13/h3-6,10,16H,1-2H3,(H2,14,17)(H,15,18). The summed E-state index contributed by atoms with van der Waals surface area (Å²) in [4.78, 5) is 23.1. The van der Waals surface area contributed by atoms with E-state index in [0.717, 1.165) is 0 Å². The lowest BCUT2D eigenvalue weighted by molar-refractivity contribution is -0.120. The number of carbonyl (C=O) groups is 2. The Morgan fingerprint density at radius 1 is 1.39 bits per heavy atom. The summed E-state index contributed by atoms with van der Waals surface area (Å²) in [5, 5.41) is 12.0. The summed E-state index contributed by atoms with van der Waals surface area (Å²) in [6.07, 6.45) is 0. The summed E-state index contributed by atoms with van der Waals surface area (Å²) in [5.41, 5.74) is 5.30. The van der Waals surface area contributed by atoms with Crippen LogP contribution >= 0.6 is 11.6 Å². The maximum Gasteiger partial charge on any atom is 0.253 e. The van der Waals surface area contributed by atoms with Crippen molar-refractivity contribution in [1.82, 2.24) is 5.32 Å². The fourth-order valence-electron chi connectivity index (χ4n) is 1.47. The van der Waals surface area contributed by atoms with Gasteiger partial charge in [0.15, 0.2) is 0 Å². The summed E-state index contributed by atoms with van der Waals surface area (Å²) >= 11 is 5.85. The molecule has 0 radical (unpaired) electrons. The van der Waals surface area contributed by atoms with E-state index in [1.165, 1.54) is 18.2 Å². The molecule has 5 nitrogen and oxygen atoms in total. The molecule has 0 heterocycles. The monoisotopic (exact) mass is 270 g/mol. The van der Waals surface area contributed by atoms with Crippen LogP contribution in [0.25, 0.3) is 0 Å². The third-order valence-corrected chi connectivity index (χ3v) is 2.78. The Morgan fingerprint density at radius 2 is 2.00 bits per heavy atom. The zero-order valence-electron chi connectivity index (χ0n) is 10.1. The molecule has 0 saturated heterocycles. The van der Waals surface area contributed by atoms with Crippen molar-refractivity contribution in [2.24, 2.45) is 11.7 Å². The van der Waals surface area contributed by atoms with E-state index >= 15 is 0 Å². The lowest BCUT2D eigenvalue weighted by atomic mass is 10.0. The van der Waals surface area contributed by atoms with Crippen molar-refractivity contribution in [2.75, 3.05) is 0 Å². The summed E-state index contributed by atoms with van der Waals surface area (Å²) in [6, 6.07) is 3.22. The average molecular weight is 271 g/mol. The summed E-state index contributed by atoms with van der Waals surface area (Å²) in [5.74, 6) is -1.38. The van der Waals surface area contributed by atoms with Crippen molar-refractivity contribution in [2.45, 2.75) is 19.9 Å². The predicted octanol–water partition coefficient (Wildman–Crippen LogP) is 1.29. The normalized spacial score (nSPS) is 12.2. The summed E-state index contributed by atoms with van der Waals surface area (Å²) < 4.78 is 0. The number of aromatic hydroxyl groups is 1. The molecule has 1 atom stereocenters. The molecule has 98 valence electrons. The minimum atomic E-state index is -0.782. The Kier molecular flexibility index (Phi) is 4.55. The van der Waals surface area contributed by atoms with E-state index in [1.54, 1.807) is 13.8 Å². The summed E-state index contributed by atoms with van der Waals surface area (Å²) in [6.45, 7) is 3.53. The van der Waals surface area contributed by atoms with Gasteiger partial charge in [-0.2, -0.15) is 0 Å². The molecule has 1 aromatic carbocycles. The Bertz CT molecular complexity index is 474. The van der Waals surface area contributed by atoms with Crippen LogP contribution in [0.3, 0.4) is 0 Å². The molecule has 0 fully saturated rings. The van der Waals surface area contributed by atoms with Crippen LogP contribution in [0.2, 0.25) is 5.02 Å². The number of benzene rings is 1. The van der Waals surface area contributed by atoms with Gasteiger partial charge in [0, 0.05) is 0 Å². The van der Waals surface area contributed by atoms with Gasteiger partial charge in [0.25, 0.3) is 5.91 Å². The first kappa shape index (κ1) is 14.3. The van der Waals surface area contributed by atoms with Crippen LogP contribution in [-0.2, 0) is 4.79 Å². The molecule has 0 aliphatic carbocycles. The highest BCUT2D eigenvalue weighted by atomic mass is 35.5. The molecular formula is C12H15ClN2O3. The molecule has 0 aliphatic heterocycles. The van der Waals surface area contributed by atoms with Crippen molar-refractivity contribution >= 4 is 23.4 Å². The molecular weight excluding hydrogens is 256 g/mol. The van der Waals surface area contributed by atoms with Crippen LogP contribution < -0.4 is 11.1 Å². The molecule has 0 aliphatic rings. The Labute approximate surface area is 110 Å². The first-order chi connectivity index (χ1) is 8.32. The molecule has 1 aromatic rings. The minimum absolute atomic E-state index is 0.0790. The van der Waals surface area contributed by atoms with Gasteiger partial charge < -0.3 is 16.2 Å². The van der Waals surface area contributed by atoms with E-state index in [4.69, 9.17) is 17.3 Å². The van der Waals surface area contributed by atoms with Gasteiger partial charge >= 0.3 is 0 Å². The lowest BCUT2D eigenvalue weighted by Crippen LogP contribution is -2.47. The fraction of sp³-hybridized carbons (Fsp3) is 0.333. The minimum Gasteiger partial charge on any atom is -0.508 e. The van der Waals surface area contributed by atoms with Crippen LogP contribution in [0.5, 0.6) is 5.75 Å². The van der Waals surface area contributed by atoms with E-state index in [0.29, 0.717) is 0 Å². The van der Waals surface area contributed by atoms with Gasteiger partial charge in [0.05, 0.1) is 10.6 Å². The number of hydrogen-bond donors (Lipinski definition) is 3. The molecule has 18 heavy (non-hydrogen) atoms. The molecule has 1 unspecified atom stereocenters. The smallest absolute Gasteiger partial charge is 0.253 e. The van der Waals surface area contributed by atoms with Gasteiger partial charge in [-0.15, -0.1) is 0 Å². The molecule has 1 rings (SSSR count). The average Bonchev–Trinajstić information content (AvgIpc) is 2.28. The van der Waals surface area contributed by atoms with Gasteiger partial charge in [-0.25, -0.2) is 0 Å². The zero-order valence-corrected chi connectivity index (χ0v) is 10.9. The second-order valence-corrected chi connectivity index (χ2v) is 4.67. The second kappa shape index (κ2) is 5.73. The number of amides is 2. The van der Waals surface area contributed by atoms with Crippen molar-refractivity contribution in [3.05, 3.63) is 28.8 Å². The first-order valence-corrected chi connectivity index (χ1v) is 5.79. The van der Waals surface area contributed by atoms with Crippen LogP contribution in [0.15, 0.2) is 18.2 Å². The Balaban J connectivity index is 2.94. The van der Waals surface area contributed by atoms with Crippen LogP contribution in [0, 0.1) is 5.92 Å². The number of hydrogen-bond acceptors (Lipinski definition) is 3. The van der Waals surface area contributed by atoms with Crippen LogP contribution in [-0.4, -0.2) is 23.0 Å². The fourth-order valence-corrected chi connectivity index (χ4v) is 1.68. The predicted molar refractivity (Wildman–Crippen MR) is 68.4 cm³/mol. The summed E-state index contributed by atoms with van der Waals surface area (Å²) in [7, 11) is 0. The molecule has 0 aromatic heterocycles. The number of nitrogens with two attached hydrogens (primary N) is 1. The van der Waals surface area contributed by atoms with E-state index in [-0.39, 0.29) is 22.3 Å². The van der Waals surface area contributed by atoms with E-state index in [1.807, 2.05) is 0 Å². The third kappa shape index (κ3) is 3.37. The second-order valence-electron chi connectivity index (χ2n) is 4.26. The highest BCUT2D eigenvalue weighted by Crippen LogP contribution is 2.21. The van der Waals surface area contributed by atoms with E-state index in [9.17, 15) is 14.7 Å². The van der Waals surface area contributed by atoms with Crippen molar-refractivity contribution < 1.29 is 14.7 Å². The van der Waals surface area contributed by atoms with Crippen molar-refractivity contribution in [3.8, 4) is 5.75 Å². The highest BCUT2D eigenvalue weighted by Gasteiger charge is 2.23. The number of phenolic OH excluding ortho intramolecular Hbond substituents is 1. The molecule has 0 bridgehead atoms. The van der Waals surface area contributed by atoms with Crippen LogP contribution in [0.1, 0.15) is 24.2 Å². The van der Waals surface area contributed by atoms with Crippen molar-refractivity contribution in [3.63, 3.8) is 0 Å². The number of rotatable bonds is 4. The number of primary amides is 1. The largest absolute Gasteiger partial charge is 0.508 e. The quantitative estimate of drug-likeness (QED) is 0.770. The van der Waals surface area contributed by atoms with Gasteiger partial charge in [0.1, 0.15) is 11.8 Å². The number of nitrogens with one attached hydrogen (secondary N) is 1. The SMILES string of the molecule is CC(C)C(NC(=O)c1cc(O)ccc1Cl)C(N)=O. The van der Waals surface area contributed by atoms with E-state index in [2.05, 4.69) is 5.32 Å².